The highest BCUT2D eigenvalue weighted by molar-refractivity contribution is 5.85. The van der Waals surface area contributed by atoms with Crippen molar-refractivity contribution in [2.75, 3.05) is 6.54 Å². The first kappa shape index (κ1) is 12.4. The van der Waals surface area contributed by atoms with Crippen molar-refractivity contribution in [1.29, 1.82) is 0 Å². The Labute approximate surface area is 69.6 Å². The third kappa shape index (κ3) is 5.86. The van der Waals surface area contributed by atoms with Gasteiger partial charge in [-0.15, -0.1) is 19.0 Å². The summed E-state index contributed by atoms with van der Waals surface area (Å²) >= 11 is 0. The van der Waals surface area contributed by atoms with E-state index in [2.05, 4.69) is 25.4 Å². The molecule has 0 aliphatic carbocycles. The lowest BCUT2D eigenvalue weighted by molar-refractivity contribution is 0.657. The fraction of sp³-hybridized carbons (Fsp3) is 0.500. The Balaban J connectivity index is 0. The van der Waals surface area contributed by atoms with Gasteiger partial charge < -0.3 is 5.32 Å². The van der Waals surface area contributed by atoms with Crippen molar-refractivity contribution in [3.8, 4) is 0 Å². The molecular weight excluding hydrogens is 146 g/mol. The molecule has 0 saturated carbocycles. The van der Waals surface area contributed by atoms with E-state index >= 15 is 0 Å². The Kier molecular flexibility index (Phi) is 8.49. The van der Waals surface area contributed by atoms with Gasteiger partial charge in [0.2, 0.25) is 0 Å². The van der Waals surface area contributed by atoms with Crippen LogP contribution in [0.2, 0.25) is 0 Å². The van der Waals surface area contributed by atoms with Crippen molar-refractivity contribution in [1.82, 2.24) is 5.32 Å². The molecular formula is C8H16ClN. The van der Waals surface area contributed by atoms with E-state index in [-0.39, 0.29) is 12.4 Å². The smallest absolute Gasteiger partial charge is 0.0248 e. The van der Waals surface area contributed by atoms with Gasteiger partial charge in [-0.2, -0.15) is 0 Å². The van der Waals surface area contributed by atoms with Crippen LogP contribution in [0.25, 0.3) is 0 Å². The summed E-state index contributed by atoms with van der Waals surface area (Å²) < 4.78 is 0. The van der Waals surface area contributed by atoms with Gasteiger partial charge in [0.25, 0.3) is 0 Å². The Bertz CT molecular complexity index is 110. The van der Waals surface area contributed by atoms with Crippen LogP contribution in [0.3, 0.4) is 0 Å². The summed E-state index contributed by atoms with van der Waals surface area (Å²) in [5.41, 5.74) is 1.16. The fourth-order valence-corrected chi connectivity index (χ4v) is 0.434. The number of halogens is 1. The van der Waals surface area contributed by atoms with Crippen molar-refractivity contribution in [2.24, 2.45) is 0 Å². The first-order valence-electron chi connectivity index (χ1n) is 3.18. The molecule has 10 heavy (non-hydrogen) atoms. The molecule has 0 rings (SSSR count). The van der Waals surface area contributed by atoms with E-state index in [0.29, 0.717) is 6.04 Å². The number of hydrogen-bond acceptors (Lipinski definition) is 1. The zero-order chi connectivity index (χ0) is 7.28. The molecule has 0 aliphatic rings. The van der Waals surface area contributed by atoms with Crippen molar-refractivity contribution < 1.29 is 0 Å². The number of hydrogen-bond donors (Lipinski definition) is 1. The quantitative estimate of drug-likeness (QED) is 0.624. The summed E-state index contributed by atoms with van der Waals surface area (Å²) in [6.07, 6.45) is 1.85. The first-order chi connectivity index (χ1) is 4.18. The van der Waals surface area contributed by atoms with Crippen molar-refractivity contribution in [3.63, 3.8) is 0 Å². The van der Waals surface area contributed by atoms with Gasteiger partial charge >= 0.3 is 0 Å². The number of rotatable bonds is 4. The molecule has 60 valence electrons. The summed E-state index contributed by atoms with van der Waals surface area (Å²) in [6, 6.07) is 0.406. The minimum Gasteiger partial charge on any atom is -0.307 e. The lowest BCUT2D eigenvalue weighted by Gasteiger charge is -2.10. The zero-order valence-electron chi connectivity index (χ0n) is 6.68. The molecule has 0 aromatic carbocycles. The van der Waals surface area contributed by atoms with Crippen LogP contribution >= 0.6 is 12.4 Å². The second-order valence-electron chi connectivity index (χ2n) is 2.26. The molecule has 1 N–H and O–H groups in total. The van der Waals surface area contributed by atoms with E-state index in [1.165, 1.54) is 0 Å². The van der Waals surface area contributed by atoms with Crippen LogP contribution in [-0.4, -0.2) is 12.6 Å². The van der Waals surface area contributed by atoms with Gasteiger partial charge in [-0.3, -0.25) is 0 Å². The Morgan fingerprint density at radius 1 is 1.70 bits per heavy atom. The topological polar surface area (TPSA) is 12.0 Å². The van der Waals surface area contributed by atoms with E-state index in [1.54, 1.807) is 0 Å². The van der Waals surface area contributed by atoms with Crippen molar-refractivity contribution in [2.45, 2.75) is 19.9 Å². The fourth-order valence-electron chi connectivity index (χ4n) is 0.434. The summed E-state index contributed by atoms with van der Waals surface area (Å²) in [7, 11) is 0. The van der Waals surface area contributed by atoms with Crippen LogP contribution in [0.4, 0.5) is 0 Å². The number of nitrogens with one attached hydrogen (secondary N) is 1. The summed E-state index contributed by atoms with van der Waals surface area (Å²) in [5, 5.41) is 3.21. The highest BCUT2D eigenvalue weighted by Crippen LogP contribution is 1.94. The van der Waals surface area contributed by atoms with Gasteiger partial charge in [-0.25, -0.2) is 0 Å². The van der Waals surface area contributed by atoms with Crippen LogP contribution in [0.5, 0.6) is 0 Å². The second kappa shape index (κ2) is 6.84. The molecule has 1 atom stereocenters. The highest BCUT2D eigenvalue weighted by Gasteiger charge is 1.96. The maximum Gasteiger partial charge on any atom is 0.0248 e. The maximum atomic E-state index is 3.81. The van der Waals surface area contributed by atoms with Gasteiger partial charge in [-0.05, 0) is 13.8 Å². The molecule has 0 spiro atoms. The zero-order valence-corrected chi connectivity index (χ0v) is 7.50. The normalized spacial score (nSPS) is 11.4. The van der Waals surface area contributed by atoms with Crippen LogP contribution in [0, 0.1) is 0 Å². The molecule has 2 heteroatoms. The minimum atomic E-state index is 0. The molecule has 0 heterocycles. The average Bonchev–Trinajstić information content (AvgIpc) is 1.82. The Morgan fingerprint density at radius 2 is 2.20 bits per heavy atom. The Morgan fingerprint density at radius 3 is 2.50 bits per heavy atom. The molecule has 0 radical (unpaired) electrons. The lowest BCUT2D eigenvalue weighted by Crippen LogP contribution is -2.26. The highest BCUT2D eigenvalue weighted by atomic mass is 35.5. The Hall–Kier alpha value is -0.270. The van der Waals surface area contributed by atoms with Crippen molar-refractivity contribution >= 4 is 12.4 Å². The minimum absolute atomic E-state index is 0. The van der Waals surface area contributed by atoms with Crippen molar-refractivity contribution in [3.05, 3.63) is 24.8 Å². The van der Waals surface area contributed by atoms with E-state index in [9.17, 15) is 0 Å². The van der Waals surface area contributed by atoms with E-state index in [0.717, 1.165) is 12.1 Å². The molecule has 0 fully saturated rings. The van der Waals surface area contributed by atoms with E-state index in [1.807, 2.05) is 13.0 Å². The molecule has 0 aromatic rings. The monoisotopic (exact) mass is 161 g/mol. The van der Waals surface area contributed by atoms with Gasteiger partial charge in [-0.1, -0.05) is 18.2 Å². The average molecular weight is 162 g/mol. The van der Waals surface area contributed by atoms with Gasteiger partial charge in [0.1, 0.15) is 0 Å². The predicted molar refractivity (Wildman–Crippen MR) is 49.7 cm³/mol. The molecule has 0 saturated heterocycles. The van der Waals surface area contributed by atoms with Crippen LogP contribution < -0.4 is 5.32 Å². The maximum absolute atomic E-state index is 3.81. The second-order valence-corrected chi connectivity index (χ2v) is 2.26. The standard InChI is InChI=1S/C8H15N.ClH/c1-5-6-9-8(4)7(2)3;/h5,8-9H,1-2,6H2,3-4H3;1H. The summed E-state index contributed by atoms with van der Waals surface area (Å²) in [5.74, 6) is 0. The SMILES string of the molecule is C=CCNC(C)C(=C)C.Cl. The van der Waals surface area contributed by atoms with Crippen LogP contribution in [0.1, 0.15) is 13.8 Å². The van der Waals surface area contributed by atoms with E-state index < -0.39 is 0 Å². The van der Waals surface area contributed by atoms with Crippen LogP contribution in [0.15, 0.2) is 24.8 Å². The molecule has 0 bridgehead atoms. The molecule has 1 nitrogen and oxygen atoms in total. The van der Waals surface area contributed by atoms with Gasteiger partial charge in [0.15, 0.2) is 0 Å². The first-order valence-corrected chi connectivity index (χ1v) is 3.18. The lowest BCUT2D eigenvalue weighted by atomic mass is 10.2. The molecule has 1 unspecified atom stereocenters. The van der Waals surface area contributed by atoms with E-state index in [4.69, 9.17) is 0 Å². The third-order valence-corrected chi connectivity index (χ3v) is 1.31. The summed E-state index contributed by atoms with van der Waals surface area (Å²) in [6.45, 7) is 12.4. The largest absolute Gasteiger partial charge is 0.307 e. The third-order valence-electron chi connectivity index (χ3n) is 1.31. The molecule has 0 aromatic heterocycles. The predicted octanol–water partition coefficient (Wildman–Crippen LogP) is 2.15. The summed E-state index contributed by atoms with van der Waals surface area (Å²) in [4.78, 5) is 0. The van der Waals surface area contributed by atoms with Gasteiger partial charge in [0.05, 0.1) is 0 Å². The molecule has 0 aliphatic heterocycles. The van der Waals surface area contributed by atoms with Gasteiger partial charge in [0, 0.05) is 12.6 Å². The molecule has 0 amide bonds. The van der Waals surface area contributed by atoms with Crippen LogP contribution in [-0.2, 0) is 0 Å².